The SMILES string of the molecule is Cc1cc(=O)oc2cc(C#Cc3ccc(N(C)C)cc3)ccc12. The van der Waals surface area contributed by atoms with Gasteiger partial charge < -0.3 is 9.32 Å². The zero-order valence-corrected chi connectivity index (χ0v) is 13.4. The predicted octanol–water partition coefficient (Wildman–Crippen LogP) is 3.57. The molecule has 0 aliphatic heterocycles. The summed E-state index contributed by atoms with van der Waals surface area (Å²) in [7, 11) is 4.01. The highest BCUT2D eigenvalue weighted by Crippen LogP contribution is 2.17. The first kappa shape index (κ1) is 14.9. The Morgan fingerprint density at radius 1 is 0.913 bits per heavy atom. The van der Waals surface area contributed by atoms with Gasteiger partial charge in [-0.2, -0.15) is 0 Å². The number of hydrogen-bond donors (Lipinski definition) is 0. The largest absolute Gasteiger partial charge is 0.423 e. The molecular weight excluding hydrogens is 286 g/mol. The van der Waals surface area contributed by atoms with Crippen LogP contribution < -0.4 is 10.5 Å². The van der Waals surface area contributed by atoms with Gasteiger partial charge in [0, 0.05) is 42.4 Å². The molecule has 3 heteroatoms. The average molecular weight is 303 g/mol. The summed E-state index contributed by atoms with van der Waals surface area (Å²) < 4.78 is 5.25. The number of anilines is 1. The molecule has 114 valence electrons. The zero-order valence-electron chi connectivity index (χ0n) is 13.4. The molecule has 2 aromatic carbocycles. The Kier molecular flexibility index (Phi) is 3.91. The molecule has 0 saturated heterocycles. The van der Waals surface area contributed by atoms with E-state index in [4.69, 9.17) is 4.42 Å². The van der Waals surface area contributed by atoms with Crippen molar-refractivity contribution in [1.82, 2.24) is 0 Å². The quantitative estimate of drug-likeness (QED) is 0.509. The van der Waals surface area contributed by atoms with Crippen LogP contribution in [0.25, 0.3) is 11.0 Å². The lowest BCUT2D eigenvalue weighted by Crippen LogP contribution is -2.07. The number of nitrogens with zero attached hydrogens (tertiary/aromatic N) is 1. The molecule has 0 atom stereocenters. The van der Waals surface area contributed by atoms with Crippen LogP contribution >= 0.6 is 0 Å². The molecule has 3 nitrogen and oxygen atoms in total. The number of benzene rings is 2. The van der Waals surface area contributed by atoms with Gasteiger partial charge in [0.15, 0.2) is 0 Å². The topological polar surface area (TPSA) is 33.5 Å². The second kappa shape index (κ2) is 6.02. The van der Waals surface area contributed by atoms with Gasteiger partial charge in [-0.3, -0.25) is 0 Å². The van der Waals surface area contributed by atoms with Gasteiger partial charge in [0.2, 0.25) is 0 Å². The summed E-state index contributed by atoms with van der Waals surface area (Å²) in [6.07, 6.45) is 0. The minimum absolute atomic E-state index is 0.334. The summed E-state index contributed by atoms with van der Waals surface area (Å²) in [6, 6.07) is 15.2. The lowest BCUT2D eigenvalue weighted by Gasteiger charge is -2.11. The minimum Gasteiger partial charge on any atom is -0.423 e. The average Bonchev–Trinajstić information content (AvgIpc) is 2.52. The van der Waals surface area contributed by atoms with E-state index >= 15 is 0 Å². The number of aryl methyl sites for hydroxylation is 1. The molecule has 0 spiro atoms. The van der Waals surface area contributed by atoms with Gasteiger partial charge in [-0.25, -0.2) is 4.79 Å². The van der Waals surface area contributed by atoms with Crippen LogP contribution in [0.3, 0.4) is 0 Å². The van der Waals surface area contributed by atoms with Crippen molar-refractivity contribution in [2.24, 2.45) is 0 Å². The van der Waals surface area contributed by atoms with Crippen LogP contribution in [0.4, 0.5) is 5.69 Å². The highest BCUT2D eigenvalue weighted by atomic mass is 16.4. The van der Waals surface area contributed by atoms with E-state index in [1.165, 1.54) is 6.07 Å². The fourth-order valence-corrected chi connectivity index (χ4v) is 2.39. The number of rotatable bonds is 1. The lowest BCUT2D eigenvalue weighted by atomic mass is 10.1. The van der Waals surface area contributed by atoms with Crippen LogP contribution in [-0.2, 0) is 0 Å². The Hall–Kier alpha value is -2.99. The molecule has 1 heterocycles. The predicted molar refractivity (Wildman–Crippen MR) is 94.0 cm³/mol. The van der Waals surface area contributed by atoms with E-state index < -0.39 is 0 Å². The van der Waals surface area contributed by atoms with Crippen molar-refractivity contribution in [1.29, 1.82) is 0 Å². The van der Waals surface area contributed by atoms with Gasteiger partial charge in [0.05, 0.1) is 0 Å². The first-order valence-corrected chi connectivity index (χ1v) is 7.37. The third-order valence-corrected chi connectivity index (χ3v) is 3.69. The summed E-state index contributed by atoms with van der Waals surface area (Å²) >= 11 is 0. The van der Waals surface area contributed by atoms with Crippen LogP contribution in [-0.4, -0.2) is 14.1 Å². The van der Waals surface area contributed by atoms with Gasteiger partial charge in [0.1, 0.15) is 5.58 Å². The monoisotopic (exact) mass is 303 g/mol. The van der Waals surface area contributed by atoms with E-state index in [0.29, 0.717) is 5.58 Å². The maximum absolute atomic E-state index is 11.5. The fraction of sp³-hybridized carbons (Fsp3) is 0.150. The van der Waals surface area contributed by atoms with Crippen molar-refractivity contribution in [2.75, 3.05) is 19.0 Å². The van der Waals surface area contributed by atoms with E-state index in [1.807, 2.05) is 68.4 Å². The lowest BCUT2D eigenvalue weighted by molar-refractivity contribution is 0.560. The Morgan fingerprint density at radius 3 is 2.26 bits per heavy atom. The molecule has 1 aromatic heterocycles. The van der Waals surface area contributed by atoms with E-state index in [2.05, 4.69) is 11.8 Å². The third-order valence-electron chi connectivity index (χ3n) is 3.69. The number of fused-ring (bicyclic) bond motifs is 1. The molecule has 0 amide bonds. The summed E-state index contributed by atoms with van der Waals surface area (Å²) in [5.74, 6) is 6.25. The molecular formula is C20H17NO2. The maximum Gasteiger partial charge on any atom is 0.336 e. The van der Waals surface area contributed by atoms with Crippen molar-refractivity contribution in [3.8, 4) is 11.8 Å². The highest BCUT2D eigenvalue weighted by molar-refractivity contribution is 5.81. The Bertz CT molecular complexity index is 970. The molecule has 3 aromatic rings. The Morgan fingerprint density at radius 2 is 1.57 bits per heavy atom. The molecule has 0 radical (unpaired) electrons. The second-order valence-electron chi connectivity index (χ2n) is 5.65. The highest BCUT2D eigenvalue weighted by Gasteiger charge is 2.02. The van der Waals surface area contributed by atoms with Crippen molar-refractivity contribution in [2.45, 2.75) is 6.92 Å². The smallest absolute Gasteiger partial charge is 0.336 e. The molecule has 0 unspecified atom stereocenters. The molecule has 0 aliphatic rings. The summed E-state index contributed by atoms with van der Waals surface area (Å²) in [5.41, 5.74) is 4.06. The van der Waals surface area contributed by atoms with Crippen LogP contribution in [0.2, 0.25) is 0 Å². The first-order valence-electron chi connectivity index (χ1n) is 7.37. The van der Waals surface area contributed by atoms with Gasteiger partial charge in [-0.05, 0) is 55.0 Å². The first-order chi connectivity index (χ1) is 11.0. The van der Waals surface area contributed by atoms with Crippen molar-refractivity contribution in [3.05, 3.63) is 75.6 Å². The van der Waals surface area contributed by atoms with Crippen molar-refractivity contribution >= 4 is 16.7 Å². The van der Waals surface area contributed by atoms with Crippen molar-refractivity contribution < 1.29 is 4.42 Å². The van der Waals surface area contributed by atoms with Crippen LogP contribution in [0, 0.1) is 18.8 Å². The van der Waals surface area contributed by atoms with E-state index in [-0.39, 0.29) is 5.63 Å². The summed E-state index contributed by atoms with van der Waals surface area (Å²) in [5, 5.41) is 0.936. The summed E-state index contributed by atoms with van der Waals surface area (Å²) in [6.45, 7) is 1.90. The van der Waals surface area contributed by atoms with Gasteiger partial charge in [-0.1, -0.05) is 11.8 Å². The standard InChI is InChI=1S/C20H17NO2/c1-14-12-20(22)23-19-13-16(8-11-18(14)19)5-4-15-6-9-17(10-7-15)21(2)3/h6-13H,1-3H3. The summed E-state index contributed by atoms with van der Waals surface area (Å²) in [4.78, 5) is 13.5. The molecule has 23 heavy (non-hydrogen) atoms. The van der Waals surface area contributed by atoms with E-state index in [0.717, 1.165) is 27.8 Å². The normalized spacial score (nSPS) is 10.2. The van der Waals surface area contributed by atoms with Crippen molar-refractivity contribution in [3.63, 3.8) is 0 Å². The van der Waals surface area contributed by atoms with Gasteiger partial charge in [0.25, 0.3) is 0 Å². The molecule has 0 N–H and O–H groups in total. The van der Waals surface area contributed by atoms with Gasteiger partial charge in [-0.15, -0.1) is 0 Å². The molecule has 0 fully saturated rings. The van der Waals surface area contributed by atoms with Crippen LogP contribution in [0.5, 0.6) is 0 Å². The fourth-order valence-electron chi connectivity index (χ4n) is 2.39. The van der Waals surface area contributed by atoms with Gasteiger partial charge >= 0.3 is 5.63 Å². The van der Waals surface area contributed by atoms with Crippen LogP contribution in [0.1, 0.15) is 16.7 Å². The minimum atomic E-state index is -0.334. The second-order valence-corrected chi connectivity index (χ2v) is 5.65. The van der Waals surface area contributed by atoms with E-state index in [9.17, 15) is 4.79 Å². The molecule has 0 saturated carbocycles. The number of hydrogen-bond acceptors (Lipinski definition) is 3. The Balaban J connectivity index is 1.94. The zero-order chi connectivity index (χ0) is 16.4. The van der Waals surface area contributed by atoms with E-state index in [1.54, 1.807) is 0 Å². The third kappa shape index (κ3) is 3.27. The molecule has 0 aliphatic carbocycles. The Labute approximate surface area is 135 Å². The maximum atomic E-state index is 11.5. The van der Waals surface area contributed by atoms with Crippen LogP contribution in [0.15, 0.2) is 57.7 Å². The molecule has 0 bridgehead atoms. The molecule has 3 rings (SSSR count).